The third-order valence-electron chi connectivity index (χ3n) is 2.00. The van der Waals surface area contributed by atoms with Crippen LogP contribution in [0.3, 0.4) is 0 Å². The van der Waals surface area contributed by atoms with Crippen LogP contribution in [0.1, 0.15) is 0 Å². The fraction of sp³-hybridized carbons (Fsp3) is 0.200. The van der Waals surface area contributed by atoms with Crippen LogP contribution in [0.5, 0.6) is 0 Å². The van der Waals surface area contributed by atoms with Gasteiger partial charge in [0.05, 0.1) is 12.0 Å². The molecule has 9 heteroatoms. The summed E-state index contributed by atoms with van der Waals surface area (Å²) in [5, 5.41) is 10.9. The number of anilines is 1. The van der Waals surface area contributed by atoms with Crippen molar-refractivity contribution in [3.63, 3.8) is 0 Å². The van der Waals surface area contributed by atoms with Gasteiger partial charge in [-0.05, 0) is 24.3 Å². The maximum Gasteiger partial charge on any atom is 0.420 e. The Kier molecular flexibility index (Phi) is 4.84. The molecule has 2 amide bonds. The van der Waals surface area contributed by atoms with Crippen molar-refractivity contribution in [1.82, 2.24) is 4.72 Å². The van der Waals surface area contributed by atoms with E-state index in [0.717, 1.165) is 7.11 Å². The topological polar surface area (TPSA) is 122 Å². The van der Waals surface area contributed by atoms with Crippen molar-refractivity contribution < 1.29 is 27.9 Å². The predicted octanol–water partition coefficient (Wildman–Crippen LogP) is -0.338. The van der Waals surface area contributed by atoms with Gasteiger partial charge >= 0.3 is 6.09 Å². The Bertz CT molecular complexity index is 566. The van der Waals surface area contributed by atoms with E-state index < -0.39 is 28.6 Å². The molecule has 0 aliphatic heterocycles. The van der Waals surface area contributed by atoms with E-state index in [2.05, 4.69) is 10.1 Å². The number of aliphatic hydroxyl groups is 1. The lowest BCUT2D eigenvalue weighted by Crippen LogP contribution is -2.30. The van der Waals surface area contributed by atoms with Gasteiger partial charge in [-0.2, -0.15) is 0 Å². The highest BCUT2D eigenvalue weighted by molar-refractivity contribution is 7.90. The zero-order chi connectivity index (χ0) is 14.5. The summed E-state index contributed by atoms with van der Waals surface area (Å²) in [4.78, 5) is 21.6. The van der Waals surface area contributed by atoms with Gasteiger partial charge in [0.15, 0.2) is 0 Å². The first-order chi connectivity index (χ1) is 8.89. The van der Waals surface area contributed by atoms with E-state index in [0.29, 0.717) is 5.69 Å². The van der Waals surface area contributed by atoms with Crippen molar-refractivity contribution >= 4 is 27.7 Å². The van der Waals surface area contributed by atoms with Gasteiger partial charge in [0, 0.05) is 5.69 Å². The van der Waals surface area contributed by atoms with Gasteiger partial charge in [-0.1, -0.05) is 0 Å². The summed E-state index contributed by atoms with van der Waals surface area (Å²) in [5.74, 6) is -0.622. The van der Waals surface area contributed by atoms with Crippen LogP contribution < -0.4 is 10.0 Å². The molecular formula is C10H12N2O6S. The van der Waals surface area contributed by atoms with Crippen molar-refractivity contribution in [3.05, 3.63) is 24.3 Å². The molecule has 0 atom stereocenters. The number of carbonyl (C=O) groups excluding carboxylic acids is 2. The van der Waals surface area contributed by atoms with E-state index in [9.17, 15) is 18.0 Å². The second-order valence-corrected chi connectivity index (χ2v) is 5.01. The number of sulfonamides is 1. The highest BCUT2D eigenvalue weighted by atomic mass is 32.2. The molecule has 19 heavy (non-hydrogen) atoms. The molecule has 3 N–H and O–H groups in total. The van der Waals surface area contributed by atoms with Gasteiger partial charge in [-0.25, -0.2) is 17.9 Å². The Labute approximate surface area is 109 Å². The molecule has 104 valence electrons. The van der Waals surface area contributed by atoms with Gasteiger partial charge < -0.3 is 15.2 Å². The molecule has 0 unspecified atom stereocenters. The van der Waals surface area contributed by atoms with Crippen LogP contribution in [-0.4, -0.2) is 39.2 Å². The number of rotatable bonds is 4. The molecule has 1 rings (SSSR count). The van der Waals surface area contributed by atoms with Crippen molar-refractivity contribution in [2.24, 2.45) is 0 Å². The Morgan fingerprint density at radius 3 is 2.32 bits per heavy atom. The lowest BCUT2D eigenvalue weighted by Gasteiger charge is -2.07. The highest BCUT2D eigenvalue weighted by Crippen LogP contribution is 2.13. The first-order valence-corrected chi connectivity index (χ1v) is 6.49. The molecule has 0 aromatic heterocycles. The Morgan fingerprint density at radius 1 is 1.26 bits per heavy atom. The SMILES string of the molecule is COC(=O)NS(=O)(=O)c1ccc(NC(=O)CO)cc1. The monoisotopic (exact) mass is 288 g/mol. The van der Waals surface area contributed by atoms with Crippen LogP contribution >= 0.6 is 0 Å². The number of nitrogens with one attached hydrogen (secondary N) is 2. The molecule has 0 aliphatic rings. The molecule has 0 heterocycles. The maximum atomic E-state index is 11.7. The average molecular weight is 288 g/mol. The van der Waals surface area contributed by atoms with Crippen LogP contribution in [0.2, 0.25) is 0 Å². The standard InChI is InChI=1S/C10H12N2O6S/c1-18-10(15)12-19(16,17)8-4-2-7(3-5-8)11-9(14)6-13/h2-5,13H,6H2,1H3,(H,11,14)(H,12,15). The lowest BCUT2D eigenvalue weighted by molar-refractivity contribution is -0.118. The third kappa shape index (κ3) is 4.23. The molecule has 0 bridgehead atoms. The predicted molar refractivity (Wildman–Crippen MR) is 64.9 cm³/mol. The van der Waals surface area contributed by atoms with E-state index in [1.54, 1.807) is 4.72 Å². The molecular weight excluding hydrogens is 276 g/mol. The quantitative estimate of drug-likeness (QED) is 0.697. The third-order valence-corrected chi connectivity index (χ3v) is 3.32. The summed E-state index contributed by atoms with van der Waals surface area (Å²) in [6.45, 7) is -0.677. The van der Waals surface area contributed by atoms with Crippen molar-refractivity contribution in [3.8, 4) is 0 Å². The Balaban J connectivity index is 2.86. The van der Waals surface area contributed by atoms with Gasteiger partial charge in [0.2, 0.25) is 5.91 Å². The number of hydrogen-bond donors (Lipinski definition) is 3. The minimum atomic E-state index is -4.01. The number of carbonyl (C=O) groups is 2. The number of benzene rings is 1. The number of hydrogen-bond acceptors (Lipinski definition) is 6. The summed E-state index contributed by atoms with van der Waals surface area (Å²) in [6, 6.07) is 5.02. The normalized spacial score (nSPS) is 10.6. The van der Waals surface area contributed by atoms with Crippen LogP contribution in [0, 0.1) is 0 Å². The maximum absolute atomic E-state index is 11.7. The molecule has 0 spiro atoms. The summed E-state index contributed by atoms with van der Waals surface area (Å²) >= 11 is 0. The van der Waals surface area contributed by atoms with E-state index in [1.165, 1.54) is 24.3 Å². The first-order valence-electron chi connectivity index (χ1n) is 5.00. The number of ether oxygens (including phenoxy) is 1. The van der Waals surface area contributed by atoms with E-state index >= 15 is 0 Å². The van der Waals surface area contributed by atoms with Gasteiger partial charge in [0.1, 0.15) is 6.61 Å². The highest BCUT2D eigenvalue weighted by Gasteiger charge is 2.17. The summed E-state index contributed by atoms with van der Waals surface area (Å²) in [5.41, 5.74) is 0.316. The summed E-state index contributed by atoms with van der Waals surface area (Å²) in [7, 11) is -2.97. The van der Waals surface area contributed by atoms with E-state index in [4.69, 9.17) is 5.11 Å². The minimum Gasteiger partial charge on any atom is -0.452 e. The average Bonchev–Trinajstić information content (AvgIpc) is 2.38. The van der Waals surface area contributed by atoms with Crippen LogP contribution in [0.4, 0.5) is 10.5 Å². The smallest absolute Gasteiger partial charge is 0.420 e. The van der Waals surface area contributed by atoms with Crippen molar-refractivity contribution in [2.45, 2.75) is 4.90 Å². The molecule has 1 aromatic rings. The molecule has 0 saturated heterocycles. The number of aliphatic hydroxyl groups excluding tert-OH is 1. The zero-order valence-electron chi connectivity index (χ0n) is 9.91. The lowest BCUT2D eigenvalue weighted by atomic mass is 10.3. The van der Waals surface area contributed by atoms with Crippen molar-refractivity contribution in [1.29, 1.82) is 0 Å². The minimum absolute atomic E-state index is 0.167. The second kappa shape index (κ2) is 6.16. The first kappa shape index (κ1) is 14.9. The summed E-state index contributed by atoms with van der Waals surface area (Å²) in [6.07, 6.45) is -1.10. The Morgan fingerprint density at radius 2 is 1.84 bits per heavy atom. The molecule has 8 nitrogen and oxygen atoms in total. The molecule has 1 aromatic carbocycles. The largest absolute Gasteiger partial charge is 0.452 e. The fourth-order valence-corrected chi connectivity index (χ4v) is 2.04. The van der Waals surface area contributed by atoms with Gasteiger partial charge in [-0.3, -0.25) is 4.79 Å². The van der Waals surface area contributed by atoms with Crippen LogP contribution in [0.15, 0.2) is 29.2 Å². The molecule has 0 saturated carbocycles. The van der Waals surface area contributed by atoms with Crippen molar-refractivity contribution in [2.75, 3.05) is 19.0 Å². The Hall–Kier alpha value is -2.13. The van der Waals surface area contributed by atoms with Gasteiger partial charge in [-0.15, -0.1) is 0 Å². The van der Waals surface area contributed by atoms with E-state index in [-0.39, 0.29) is 4.90 Å². The van der Waals surface area contributed by atoms with Crippen LogP contribution in [-0.2, 0) is 19.6 Å². The molecule has 0 fully saturated rings. The number of methoxy groups -OCH3 is 1. The van der Waals surface area contributed by atoms with Gasteiger partial charge in [0.25, 0.3) is 10.0 Å². The fourth-order valence-electron chi connectivity index (χ4n) is 1.13. The molecule has 0 radical (unpaired) electrons. The van der Waals surface area contributed by atoms with Crippen LogP contribution in [0.25, 0.3) is 0 Å². The molecule has 0 aliphatic carbocycles. The summed E-state index contributed by atoms with van der Waals surface area (Å²) < 4.78 is 29.2. The van der Waals surface area contributed by atoms with E-state index in [1.807, 2.05) is 0 Å². The zero-order valence-corrected chi connectivity index (χ0v) is 10.7. The number of amides is 2. The second-order valence-electron chi connectivity index (χ2n) is 3.33.